The third kappa shape index (κ3) is 2.83. The van der Waals surface area contributed by atoms with Crippen molar-refractivity contribution in [3.8, 4) is 11.1 Å². The Morgan fingerprint density at radius 3 is 2.37 bits per heavy atom. The summed E-state index contributed by atoms with van der Waals surface area (Å²) in [6.45, 7) is 0. The van der Waals surface area contributed by atoms with Crippen molar-refractivity contribution in [1.29, 1.82) is 0 Å². The van der Waals surface area contributed by atoms with Gasteiger partial charge < -0.3 is 10.5 Å². The van der Waals surface area contributed by atoms with Gasteiger partial charge in [0.05, 0.1) is 17.7 Å². The fourth-order valence-corrected chi connectivity index (χ4v) is 2.13. The summed E-state index contributed by atoms with van der Waals surface area (Å²) in [5.74, 6) is -0.496. The molecule has 0 aliphatic heterocycles. The van der Waals surface area contributed by atoms with Gasteiger partial charge in [0.1, 0.15) is 0 Å². The van der Waals surface area contributed by atoms with Crippen molar-refractivity contribution >= 4 is 34.9 Å². The number of carbonyl (C=O) groups excluding carboxylic acids is 1. The minimum absolute atomic E-state index is 0.287. The fourth-order valence-electron chi connectivity index (χ4n) is 1.73. The maximum Gasteiger partial charge on any atom is 0.339 e. The molecule has 2 aromatic carbocycles. The van der Waals surface area contributed by atoms with Gasteiger partial charge in [-0.15, -0.1) is 0 Å². The van der Waals surface area contributed by atoms with Crippen molar-refractivity contribution in [2.75, 3.05) is 12.8 Å². The van der Waals surface area contributed by atoms with E-state index >= 15 is 0 Å². The summed E-state index contributed by atoms with van der Waals surface area (Å²) in [4.78, 5) is 11.6. The molecule has 2 N–H and O–H groups in total. The number of nitrogens with two attached hydrogens (primary N) is 1. The lowest BCUT2D eigenvalue weighted by Crippen LogP contribution is -2.06. The Morgan fingerprint density at radius 1 is 1.16 bits per heavy atom. The minimum Gasteiger partial charge on any atom is -0.465 e. The molecule has 0 aliphatic carbocycles. The van der Waals surface area contributed by atoms with Gasteiger partial charge in [0.25, 0.3) is 0 Å². The maximum atomic E-state index is 11.6. The standard InChI is InChI=1S/C14H11Cl2NO2/c1-19-14(18)11-6-10(12(16)7-13(11)17)8-2-4-9(15)5-3-8/h2-7H,17H2,1H3. The number of hydrogen-bond acceptors (Lipinski definition) is 3. The molecule has 98 valence electrons. The summed E-state index contributed by atoms with van der Waals surface area (Å²) in [5, 5.41) is 1.09. The van der Waals surface area contributed by atoms with E-state index in [1.165, 1.54) is 13.2 Å². The van der Waals surface area contributed by atoms with Crippen LogP contribution in [0.3, 0.4) is 0 Å². The quantitative estimate of drug-likeness (QED) is 0.672. The zero-order valence-electron chi connectivity index (χ0n) is 10.1. The molecule has 2 aromatic rings. The number of benzene rings is 2. The van der Waals surface area contributed by atoms with E-state index in [0.29, 0.717) is 15.6 Å². The second-order valence-corrected chi connectivity index (χ2v) is 4.76. The molecule has 0 amide bonds. The van der Waals surface area contributed by atoms with Crippen LogP contribution in [0.5, 0.6) is 0 Å². The Balaban J connectivity index is 2.57. The van der Waals surface area contributed by atoms with Crippen molar-refractivity contribution in [3.63, 3.8) is 0 Å². The van der Waals surface area contributed by atoms with Crippen LogP contribution in [0.2, 0.25) is 10.0 Å². The Labute approximate surface area is 120 Å². The number of rotatable bonds is 2. The SMILES string of the molecule is COC(=O)c1cc(-c2ccc(Cl)cc2)c(Cl)cc1N. The lowest BCUT2D eigenvalue weighted by molar-refractivity contribution is 0.0602. The van der Waals surface area contributed by atoms with E-state index in [1.54, 1.807) is 18.2 Å². The van der Waals surface area contributed by atoms with E-state index in [9.17, 15) is 4.79 Å². The third-order valence-corrected chi connectivity index (χ3v) is 3.26. The molecule has 5 heteroatoms. The first kappa shape index (κ1) is 13.7. The van der Waals surface area contributed by atoms with Gasteiger partial charge in [-0.1, -0.05) is 35.3 Å². The van der Waals surface area contributed by atoms with Crippen LogP contribution in [0.25, 0.3) is 11.1 Å². The predicted molar refractivity (Wildman–Crippen MR) is 77.6 cm³/mol. The molecule has 19 heavy (non-hydrogen) atoms. The number of nitrogen functional groups attached to an aromatic ring is 1. The average molecular weight is 296 g/mol. The van der Waals surface area contributed by atoms with Crippen LogP contribution in [0.1, 0.15) is 10.4 Å². The van der Waals surface area contributed by atoms with Crippen LogP contribution in [-0.4, -0.2) is 13.1 Å². The zero-order chi connectivity index (χ0) is 14.0. The normalized spacial score (nSPS) is 10.3. The molecule has 0 atom stereocenters. The number of carbonyl (C=O) groups is 1. The Kier molecular flexibility index (Phi) is 3.98. The summed E-state index contributed by atoms with van der Waals surface area (Å²) < 4.78 is 4.68. The topological polar surface area (TPSA) is 52.3 Å². The van der Waals surface area contributed by atoms with Crippen molar-refractivity contribution in [1.82, 2.24) is 0 Å². The van der Waals surface area contributed by atoms with Gasteiger partial charge in [0.2, 0.25) is 0 Å². The van der Waals surface area contributed by atoms with E-state index in [1.807, 2.05) is 12.1 Å². The summed E-state index contributed by atoms with van der Waals surface area (Å²) in [7, 11) is 1.30. The Bertz CT molecular complexity index is 624. The first-order chi connectivity index (χ1) is 9.02. The smallest absolute Gasteiger partial charge is 0.339 e. The second kappa shape index (κ2) is 5.51. The third-order valence-electron chi connectivity index (χ3n) is 2.70. The van der Waals surface area contributed by atoms with E-state index in [0.717, 1.165) is 5.56 Å². The summed E-state index contributed by atoms with van der Waals surface area (Å²) in [6, 6.07) is 10.3. The summed E-state index contributed by atoms with van der Waals surface area (Å²) in [5.41, 5.74) is 7.89. The van der Waals surface area contributed by atoms with Crippen LogP contribution in [0, 0.1) is 0 Å². The largest absolute Gasteiger partial charge is 0.465 e. The second-order valence-electron chi connectivity index (χ2n) is 3.92. The lowest BCUT2D eigenvalue weighted by Gasteiger charge is -2.10. The number of halogens is 2. The first-order valence-corrected chi connectivity index (χ1v) is 6.22. The Morgan fingerprint density at radius 2 is 1.79 bits per heavy atom. The molecule has 0 spiro atoms. The van der Waals surface area contributed by atoms with Gasteiger partial charge >= 0.3 is 5.97 Å². The van der Waals surface area contributed by atoms with E-state index < -0.39 is 5.97 Å². The van der Waals surface area contributed by atoms with Crippen LogP contribution < -0.4 is 5.73 Å². The molecule has 0 radical (unpaired) electrons. The molecule has 0 unspecified atom stereocenters. The molecule has 0 saturated carbocycles. The molecule has 0 aromatic heterocycles. The van der Waals surface area contributed by atoms with Gasteiger partial charge in [-0.3, -0.25) is 0 Å². The van der Waals surface area contributed by atoms with Crippen molar-refractivity contribution in [2.45, 2.75) is 0 Å². The van der Waals surface area contributed by atoms with Gasteiger partial charge in [-0.05, 0) is 29.8 Å². The molecule has 0 saturated heterocycles. The predicted octanol–water partition coefficient (Wildman–Crippen LogP) is 4.03. The lowest BCUT2D eigenvalue weighted by atomic mass is 10.0. The van der Waals surface area contributed by atoms with E-state index in [4.69, 9.17) is 28.9 Å². The Hall–Kier alpha value is -1.71. The molecule has 0 heterocycles. The summed E-state index contributed by atoms with van der Waals surface area (Å²) in [6.07, 6.45) is 0. The highest BCUT2D eigenvalue weighted by Crippen LogP contribution is 2.32. The van der Waals surface area contributed by atoms with E-state index in [-0.39, 0.29) is 11.3 Å². The number of esters is 1. The first-order valence-electron chi connectivity index (χ1n) is 5.46. The molecular weight excluding hydrogens is 285 g/mol. The van der Waals surface area contributed by atoms with Crippen LogP contribution >= 0.6 is 23.2 Å². The van der Waals surface area contributed by atoms with Gasteiger partial charge in [0.15, 0.2) is 0 Å². The van der Waals surface area contributed by atoms with Crippen molar-refractivity contribution < 1.29 is 9.53 Å². The van der Waals surface area contributed by atoms with Gasteiger partial charge in [-0.2, -0.15) is 0 Å². The maximum absolute atomic E-state index is 11.6. The molecule has 0 aliphatic rings. The highest BCUT2D eigenvalue weighted by atomic mass is 35.5. The van der Waals surface area contributed by atoms with Crippen LogP contribution in [0.15, 0.2) is 36.4 Å². The van der Waals surface area contributed by atoms with Crippen molar-refractivity contribution in [3.05, 3.63) is 52.0 Å². The van der Waals surface area contributed by atoms with Crippen LogP contribution in [0.4, 0.5) is 5.69 Å². The van der Waals surface area contributed by atoms with E-state index in [2.05, 4.69) is 4.74 Å². The number of anilines is 1. The fraction of sp³-hybridized carbons (Fsp3) is 0.0714. The van der Waals surface area contributed by atoms with Gasteiger partial charge in [-0.25, -0.2) is 4.79 Å². The molecule has 0 fully saturated rings. The average Bonchev–Trinajstić information content (AvgIpc) is 2.39. The monoisotopic (exact) mass is 295 g/mol. The van der Waals surface area contributed by atoms with Crippen LogP contribution in [-0.2, 0) is 4.74 Å². The number of methoxy groups -OCH3 is 1. The minimum atomic E-state index is -0.496. The highest BCUT2D eigenvalue weighted by Gasteiger charge is 2.14. The summed E-state index contributed by atoms with van der Waals surface area (Å²) >= 11 is 12.0. The number of ether oxygens (including phenoxy) is 1. The zero-order valence-corrected chi connectivity index (χ0v) is 11.6. The number of hydrogen-bond donors (Lipinski definition) is 1. The molecular formula is C14H11Cl2NO2. The molecule has 3 nitrogen and oxygen atoms in total. The van der Waals surface area contributed by atoms with Crippen molar-refractivity contribution in [2.24, 2.45) is 0 Å². The molecule has 2 rings (SSSR count). The molecule has 0 bridgehead atoms. The van der Waals surface area contributed by atoms with Gasteiger partial charge in [0, 0.05) is 16.3 Å². The highest BCUT2D eigenvalue weighted by molar-refractivity contribution is 6.34.